The van der Waals surface area contributed by atoms with Gasteiger partial charge in [-0.2, -0.15) is 0 Å². The number of esters is 1. The van der Waals surface area contributed by atoms with E-state index in [0.717, 1.165) is 24.2 Å². The fraction of sp³-hybridized carbons (Fsp3) is 0.417. The fourth-order valence-corrected chi connectivity index (χ4v) is 5.27. The van der Waals surface area contributed by atoms with Crippen LogP contribution in [0.3, 0.4) is 0 Å². The minimum atomic E-state index is -1.53. The number of nitrogens with one attached hydrogen (secondary N) is 2. The summed E-state index contributed by atoms with van der Waals surface area (Å²) in [5, 5.41) is 23.5. The Morgan fingerprint density at radius 1 is 1.14 bits per heavy atom. The summed E-state index contributed by atoms with van der Waals surface area (Å²) in [6.07, 6.45) is 2.07. The predicted molar refractivity (Wildman–Crippen MR) is 128 cm³/mol. The molecular weight excluding hydrogens is 493 g/mol. The number of rotatable bonds is 12. The molecular formula is C24H28FN3O7S. The molecule has 1 fully saturated rings. The monoisotopic (exact) mass is 521 g/mol. The van der Waals surface area contributed by atoms with E-state index in [2.05, 4.69) is 10.6 Å². The van der Waals surface area contributed by atoms with Crippen molar-refractivity contribution in [1.29, 1.82) is 0 Å². The van der Waals surface area contributed by atoms with E-state index in [1.54, 1.807) is 12.1 Å². The molecule has 2 aromatic rings. The maximum Gasteiger partial charge on any atom is 0.353 e. The molecule has 1 atom stereocenters. The molecule has 12 heteroatoms. The van der Waals surface area contributed by atoms with Crippen LogP contribution in [0.5, 0.6) is 5.75 Å². The van der Waals surface area contributed by atoms with Crippen LogP contribution in [0.2, 0.25) is 0 Å². The van der Waals surface area contributed by atoms with Gasteiger partial charge in [0.25, 0.3) is 0 Å². The van der Waals surface area contributed by atoms with Crippen molar-refractivity contribution in [2.45, 2.75) is 51.1 Å². The number of carboxylic acids is 2. The highest BCUT2D eigenvalue weighted by atomic mass is 32.1. The van der Waals surface area contributed by atoms with Gasteiger partial charge in [-0.05, 0) is 49.1 Å². The van der Waals surface area contributed by atoms with Gasteiger partial charge in [0.2, 0.25) is 5.91 Å². The largest absolute Gasteiger partial charge is 0.481 e. The standard InChI is InChI=1S/C24H28FN3O7S/c25-16-9-14(12-27-13-26)3-5-18(16)35-22(33)19-6-4-15(36-19)11-24(7-1-2-8-24)23(34)28-17(21(31)32)10-20(29)30/h3-6,9,17,27H,1-2,7-8,10-13,26H2,(H,28,34)(H,29,30)(H,31,32)/t17-/m0/s1. The zero-order chi connectivity index (χ0) is 26.3. The first kappa shape index (κ1) is 27.2. The van der Waals surface area contributed by atoms with Crippen LogP contribution in [0, 0.1) is 11.2 Å². The fourth-order valence-electron chi connectivity index (χ4n) is 4.24. The van der Waals surface area contributed by atoms with Crippen molar-refractivity contribution < 1.29 is 38.5 Å². The molecule has 1 aromatic heterocycles. The zero-order valence-corrected chi connectivity index (χ0v) is 20.2. The number of halogens is 1. The summed E-state index contributed by atoms with van der Waals surface area (Å²) in [6, 6.07) is 5.91. The summed E-state index contributed by atoms with van der Waals surface area (Å²) in [7, 11) is 0. The molecule has 1 saturated carbocycles. The van der Waals surface area contributed by atoms with Crippen molar-refractivity contribution in [2.75, 3.05) is 6.67 Å². The Bertz CT molecular complexity index is 1130. The lowest BCUT2D eigenvalue weighted by Gasteiger charge is -2.28. The first-order valence-corrected chi connectivity index (χ1v) is 12.2. The highest BCUT2D eigenvalue weighted by molar-refractivity contribution is 7.14. The molecule has 1 aliphatic rings. The van der Waals surface area contributed by atoms with Crippen molar-refractivity contribution in [3.05, 3.63) is 51.5 Å². The second kappa shape index (κ2) is 12.1. The van der Waals surface area contributed by atoms with Gasteiger partial charge in [0.1, 0.15) is 10.9 Å². The highest BCUT2D eigenvalue weighted by Crippen LogP contribution is 2.42. The molecule has 0 unspecified atom stereocenters. The van der Waals surface area contributed by atoms with Crippen LogP contribution in [-0.2, 0) is 27.3 Å². The van der Waals surface area contributed by atoms with Gasteiger partial charge in [-0.1, -0.05) is 18.9 Å². The Hall–Kier alpha value is -3.35. The van der Waals surface area contributed by atoms with E-state index in [9.17, 15) is 28.7 Å². The van der Waals surface area contributed by atoms with Crippen LogP contribution < -0.4 is 21.1 Å². The molecule has 36 heavy (non-hydrogen) atoms. The van der Waals surface area contributed by atoms with Crippen molar-refractivity contribution in [3.63, 3.8) is 0 Å². The SMILES string of the molecule is NCNCc1ccc(OC(=O)c2ccc(CC3(C(=O)N[C@@H](CC(=O)O)C(=O)O)CCCC3)s2)c(F)c1. The third kappa shape index (κ3) is 6.86. The Labute approximate surface area is 210 Å². The van der Waals surface area contributed by atoms with E-state index < -0.39 is 47.5 Å². The van der Waals surface area contributed by atoms with Crippen molar-refractivity contribution in [2.24, 2.45) is 11.1 Å². The van der Waals surface area contributed by atoms with Gasteiger partial charge in [0.15, 0.2) is 11.6 Å². The normalized spacial score (nSPS) is 15.3. The minimum Gasteiger partial charge on any atom is -0.481 e. The Morgan fingerprint density at radius 3 is 2.47 bits per heavy atom. The summed E-state index contributed by atoms with van der Waals surface area (Å²) in [5.41, 5.74) is 5.10. The molecule has 3 rings (SSSR count). The molecule has 10 nitrogen and oxygen atoms in total. The molecule has 0 radical (unpaired) electrons. The van der Waals surface area contributed by atoms with Gasteiger partial charge in [-0.15, -0.1) is 11.3 Å². The second-order valence-corrected chi connectivity index (χ2v) is 9.85. The number of nitrogens with two attached hydrogens (primary N) is 1. The number of carbonyl (C=O) groups excluding carboxylic acids is 2. The maximum absolute atomic E-state index is 14.4. The van der Waals surface area contributed by atoms with Gasteiger partial charge in [0.05, 0.1) is 11.8 Å². The van der Waals surface area contributed by atoms with Gasteiger partial charge >= 0.3 is 17.9 Å². The molecule has 1 aliphatic carbocycles. The lowest BCUT2D eigenvalue weighted by Crippen LogP contribution is -2.49. The summed E-state index contributed by atoms with van der Waals surface area (Å²) in [5.74, 6) is -4.91. The third-order valence-corrected chi connectivity index (χ3v) is 7.14. The molecule has 0 aliphatic heterocycles. The van der Waals surface area contributed by atoms with Crippen LogP contribution in [-0.4, -0.2) is 46.7 Å². The Balaban J connectivity index is 1.69. The number of amides is 1. The first-order valence-electron chi connectivity index (χ1n) is 11.4. The lowest BCUT2D eigenvalue weighted by atomic mass is 9.81. The topological polar surface area (TPSA) is 168 Å². The number of ether oxygens (including phenoxy) is 1. The van der Waals surface area contributed by atoms with E-state index in [1.165, 1.54) is 18.2 Å². The summed E-state index contributed by atoms with van der Waals surface area (Å²) >= 11 is 1.11. The number of carboxylic acid groups (broad SMARTS) is 2. The van der Waals surface area contributed by atoms with Gasteiger partial charge in [0, 0.05) is 18.1 Å². The van der Waals surface area contributed by atoms with Crippen molar-refractivity contribution in [1.82, 2.24) is 10.6 Å². The predicted octanol–water partition coefficient (Wildman–Crippen LogP) is 2.26. The number of hydrogen-bond acceptors (Lipinski definition) is 8. The maximum atomic E-state index is 14.4. The van der Waals surface area contributed by atoms with Gasteiger partial charge in [-0.3, -0.25) is 9.59 Å². The number of benzene rings is 1. The van der Waals surface area contributed by atoms with Crippen LogP contribution in [0.4, 0.5) is 4.39 Å². The molecule has 6 N–H and O–H groups in total. The van der Waals surface area contributed by atoms with Crippen molar-refractivity contribution >= 4 is 35.2 Å². The van der Waals surface area contributed by atoms with E-state index in [4.69, 9.17) is 15.6 Å². The van der Waals surface area contributed by atoms with Crippen LogP contribution in [0.25, 0.3) is 0 Å². The van der Waals surface area contributed by atoms with E-state index >= 15 is 0 Å². The summed E-state index contributed by atoms with van der Waals surface area (Å²) in [4.78, 5) is 49.0. The Kier molecular flexibility index (Phi) is 9.13. The highest BCUT2D eigenvalue weighted by Gasteiger charge is 2.43. The van der Waals surface area contributed by atoms with Crippen LogP contribution in [0.1, 0.15) is 52.2 Å². The number of thiophene rings is 1. The van der Waals surface area contributed by atoms with Crippen molar-refractivity contribution in [3.8, 4) is 5.75 Å². The minimum absolute atomic E-state index is 0.212. The number of hydrogen-bond donors (Lipinski definition) is 5. The molecule has 0 bridgehead atoms. The zero-order valence-electron chi connectivity index (χ0n) is 19.4. The smallest absolute Gasteiger partial charge is 0.353 e. The van der Waals surface area contributed by atoms with Crippen LogP contribution in [0.15, 0.2) is 30.3 Å². The number of aliphatic carboxylic acids is 2. The van der Waals surface area contributed by atoms with E-state index in [0.29, 0.717) is 29.8 Å². The molecule has 194 valence electrons. The van der Waals surface area contributed by atoms with Crippen LogP contribution >= 0.6 is 11.3 Å². The van der Waals surface area contributed by atoms with Gasteiger partial charge < -0.3 is 31.3 Å². The Morgan fingerprint density at radius 2 is 1.86 bits per heavy atom. The molecule has 0 spiro atoms. The number of carbonyl (C=O) groups is 4. The first-order chi connectivity index (χ1) is 17.1. The summed E-state index contributed by atoms with van der Waals surface area (Å²) in [6.45, 7) is 0.610. The average molecular weight is 522 g/mol. The molecule has 1 heterocycles. The van der Waals surface area contributed by atoms with E-state index in [1.807, 2.05) is 0 Å². The third-order valence-electron chi connectivity index (χ3n) is 6.07. The quantitative estimate of drug-likeness (QED) is 0.160. The summed E-state index contributed by atoms with van der Waals surface area (Å²) < 4.78 is 19.6. The average Bonchev–Trinajstić information content (AvgIpc) is 3.49. The molecule has 1 aromatic carbocycles. The lowest BCUT2D eigenvalue weighted by molar-refractivity contribution is -0.148. The molecule has 0 saturated heterocycles. The second-order valence-electron chi connectivity index (χ2n) is 8.68. The van der Waals surface area contributed by atoms with Gasteiger partial charge in [-0.25, -0.2) is 14.0 Å². The molecule has 1 amide bonds. The van der Waals surface area contributed by atoms with E-state index in [-0.39, 0.29) is 23.7 Å².